The maximum atomic E-state index is 3.67. The van der Waals surface area contributed by atoms with E-state index in [1.807, 2.05) is 6.92 Å². The van der Waals surface area contributed by atoms with Gasteiger partial charge in [-0.05, 0) is 0 Å². The van der Waals surface area contributed by atoms with Crippen LogP contribution < -0.4 is 0 Å². The summed E-state index contributed by atoms with van der Waals surface area (Å²) in [6.07, 6.45) is 1.11. The topological polar surface area (TPSA) is 0 Å². The molecule has 28 valence electrons. The summed E-state index contributed by atoms with van der Waals surface area (Å²) < 4.78 is 0. The summed E-state index contributed by atoms with van der Waals surface area (Å²) in [7, 11) is 3.67. The van der Waals surface area contributed by atoms with Crippen LogP contribution in [-0.4, -0.2) is 13.0 Å². The van der Waals surface area contributed by atoms with Gasteiger partial charge >= 0.3 is 33.2 Å². The Labute approximate surface area is 34.3 Å². The molecule has 0 atom stereocenters. The van der Waals surface area contributed by atoms with Gasteiger partial charge in [-0.15, -0.1) is 0 Å². The fraction of sp³-hybridized carbons (Fsp3) is 0.750. The van der Waals surface area contributed by atoms with Gasteiger partial charge in [-0.2, -0.15) is 0 Å². The molecule has 0 nitrogen and oxygen atoms in total. The molecular weight excluding hydrogens is 58.9 g/mol. The molecule has 0 aromatic rings. The van der Waals surface area contributed by atoms with E-state index in [9.17, 15) is 0 Å². The van der Waals surface area contributed by atoms with E-state index in [0.717, 1.165) is 6.42 Å². The van der Waals surface area contributed by atoms with E-state index >= 15 is 0 Å². The number of rotatable bonds is 1. The monoisotopic (exact) mass is 68.1 g/mol. The quantitative estimate of drug-likeness (QED) is 0.392. The van der Waals surface area contributed by atoms with Crippen molar-refractivity contribution in [2.75, 3.05) is 0 Å². The zero-order chi connectivity index (χ0) is 4.28. The summed E-state index contributed by atoms with van der Waals surface area (Å²) >= 11 is 0. The van der Waals surface area contributed by atoms with Crippen molar-refractivity contribution in [3.05, 3.63) is 0 Å². The third-order valence-corrected chi connectivity index (χ3v) is 0.604. The molecule has 0 amide bonds. The molecule has 0 aliphatic rings. The Bertz CT molecular complexity index is 38.9. The third-order valence-electron chi connectivity index (χ3n) is 0.604. The standard InChI is InChI=1S/C4H9B/c1-3-4(2)5/h5H,3H2,1-2H3. The first-order chi connectivity index (χ1) is 2.27. The van der Waals surface area contributed by atoms with Gasteiger partial charge in [-0.1, -0.05) is 0 Å². The van der Waals surface area contributed by atoms with E-state index in [2.05, 4.69) is 14.4 Å². The maximum absolute atomic E-state index is 3.67. The van der Waals surface area contributed by atoms with Crippen LogP contribution in [0.3, 0.4) is 0 Å². The van der Waals surface area contributed by atoms with Crippen LogP contribution in [0.2, 0.25) is 0 Å². The van der Waals surface area contributed by atoms with Crippen molar-refractivity contribution in [2.24, 2.45) is 0 Å². The van der Waals surface area contributed by atoms with Gasteiger partial charge in [-0.25, -0.2) is 0 Å². The summed E-state index contributed by atoms with van der Waals surface area (Å²) in [5, 5.41) is 0. The van der Waals surface area contributed by atoms with E-state index in [1.54, 1.807) is 0 Å². The second kappa shape index (κ2) is 2.19. The Morgan fingerprint density at radius 3 is 2.00 bits per heavy atom. The molecule has 0 unspecified atom stereocenters. The molecule has 1 heteroatoms. The second-order valence-corrected chi connectivity index (χ2v) is 1.31. The number of hydrogen-bond donors (Lipinski definition) is 0. The van der Waals surface area contributed by atoms with E-state index < -0.39 is 0 Å². The molecule has 5 heavy (non-hydrogen) atoms. The zero-order valence-corrected chi connectivity index (χ0v) is 3.91. The third kappa shape index (κ3) is 3.93. The van der Waals surface area contributed by atoms with Crippen molar-refractivity contribution < 1.29 is 0 Å². The van der Waals surface area contributed by atoms with Gasteiger partial charge in [0.15, 0.2) is 0 Å². The van der Waals surface area contributed by atoms with Crippen molar-refractivity contribution in [1.29, 1.82) is 0 Å². The van der Waals surface area contributed by atoms with E-state index in [4.69, 9.17) is 0 Å². The van der Waals surface area contributed by atoms with Crippen LogP contribution in [0.4, 0.5) is 0 Å². The van der Waals surface area contributed by atoms with E-state index in [0.29, 0.717) is 0 Å². The molecule has 0 fully saturated rings. The molecule has 0 rings (SSSR count). The van der Waals surface area contributed by atoms with Gasteiger partial charge in [0.2, 0.25) is 0 Å². The Morgan fingerprint density at radius 2 is 2.00 bits per heavy atom. The SMILES string of the molecule is B=C(C)CC. The van der Waals surface area contributed by atoms with Crippen molar-refractivity contribution in [3.8, 4) is 0 Å². The Hall–Kier alpha value is -0.0651. The average Bonchev–Trinajstić information content (AvgIpc) is 1.38. The molecule has 0 radical (unpaired) electrons. The fourth-order valence-corrected chi connectivity index (χ4v) is 0. The van der Waals surface area contributed by atoms with E-state index in [1.165, 1.54) is 5.46 Å². The molecule has 0 saturated heterocycles. The van der Waals surface area contributed by atoms with Gasteiger partial charge in [0, 0.05) is 0 Å². The first kappa shape index (κ1) is 4.93. The molecule has 0 bridgehead atoms. The molecule has 0 spiro atoms. The van der Waals surface area contributed by atoms with Gasteiger partial charge < -0.3 is 0 Å². The zero-order valence-electron chi connectivity index (χ0n) is 3.91. The minimum atomic E-state index is 1.11. The van der Waals surface area contributed by atoms with E-state index in [-0.39, 0.29) is 0 Å². The molecule has 0 aliphatic carbocycles. The Morgan fingerprint density at radius 1 is 1.80 bits per heavy atom. The fourth-order valence-electron chi connectivity index (χ4n) is 0. The molecule has 0 aliphatic heterocycles. The van der Waals surface area contributed by atoms with Crippen LogP contribution in [0.5, 0.6) is 0 Å². The first-order valence-electron chi connectivity index (χ1n) is 1.91. The van der Waals surface area contributed by atoms with Crippen LogP contribution in [0, 0.1) is 0 Å². The first-order valence-corrected chi connectivity index (χ1v) is 1.91. The van der Waals surface area contributed by atoms with Gasteiger partial charge in [0.1, 0.15) is 0 Å². The molecule has 0 heterocycles. The normalized spacial score (nSPS) is 7.40. The van der Waals surface area contributed by atoms with Crippen LogP contribution in [-0.2, 0) is 0 Å². The van der Waals surface area contributed by atoms with Crippen LogP contribution in [0.15, 0.2) is 0 Å². The van der Waals surface area contributed by atoms with Crippen LogP contribution >= 0.6 is 0 Å². The van der Waals surface area contributed by atoms with Crippen molar-refractivity contribution in [3.63, 3.8) is 0 Å². The minimum absolute atomic E-state index is 1.11. The molecule has 0 saturated carbocycles. The summed E-state index contributed by atoms with van der Waals surface area (Å²) in [4.78, 5) is 0. The van der Waals surface area contributed by atoms with Gasteiger partial charge in [0.05, 0.1) is 0 Å². The summed E-state index contributed by atoms with van der Waals surface area (Å²) in [6.45, 7) is 4.13. The molecule has 0 aromatic heterocycles. The predicted molar refractivity (Wildman–Crippen MR) is 28.1 cm³/mol. The van der Waals surface area contributed by atoms with Crippen LogP contribution in [0.1, 0.15) is 20.3 Å². The Balaban J connectivity index is 2.85. The van der Waals surface area contributed by atoms with Gasteiger partial charge in [0.25, 0.3) is 0 Å². The summed E-state index contributed by atoms with van der Waals surface area (Å²) in [5.74, 6) is 0. The summed E-state index contributed by atoms with van der Waals surface area (Å²) in [6, 6.07) is 0. The molecular formula is C4H9B. The predicted octanol–water partition coefficient (Wildman–Crippen LogP) is 0.489. The number of hydrogen-bond acceptors (Lipinski definition) is 0. The molecule has 0 aromatic carbocycles. The summed E-state index contributed by atoms with van der Waals surface area (Å²) in [5.41, 5.74) is 1.25. The molecule has 0 N–H and O–H groups in total. The average molecular weight is 67.9 g/mol. The van der Waals surface area contributed by atoms with Crippen molar-refractivity contribution in [2.45, 2.75) is 20.3 Å². The van der Waals surface area contributed by atoms with Crippen molar-refractivity contribution in [1.82, 2.24) is 0 Å². The second-order valence-electron chi connectivity index (χ2n) is 1.31. The Kier molecular flexibility index (Phi) is 2.16. The van der Waals surface area contributed by atoms with Gasteiger partial charge in [-0.3, -0.25) is 0 Å². The van der Waals surface area contributed by atoms with Crippen molar-refractivity contribution >= 4 is 13.0 Å². The van der Waals surface area contributed by atoms with Crippen LogP contribution in [0.25, 0.3) is 0 Å².